The normalized spacial score (nSPS) is 15.3. The molecule has 5 rings (SSSR count). The number of benzene rings is 3. The zero-order valence-electron chi connectivity index (χ0n) is 18.9. The van der Waals surface area contributed by atoms with Gasteiger partial charge in [0.05, 0.1) is 24.4 Å². The Balaban J connectivity index is 1.29. The minimum absolute atomic E-state index is 0.0967. The number of aromatic nitrogens is 1. The molecule has 1 atom stereocenters. The lowest BCUT2D eigenvalue weighted by Gasteiger charge is -2.19. The monoisotopic (exact) mass is 503 g/mol. The van der Waals surface area contributed by atoms with Gasteiger partial charge in [0.2, 0.25) is 11.8 Å². The fraction of sp³-hybridized carbons (Fsp3) is 0.148. The van der Waals surface area contributed by atoms with Crippen LogP contribution in [0, 0.1) is 5.92 Å². The summed E-state index contributed by atoms with van der Waals surface area (Å²) in [5.41, 5.74) is 4.07. The quantitative estimate of drug-likeness (QED) is 0.343. The van der Waals surface area contributed by atoms with Crippen molar-refractivity contribution in [2.45, 2.75) is 6.42 Å². The Hall–Kier alpha value is -3.68. The number of carbonyl (C=O) groups is 2. The molecule has 1 aromatic heterocycles. The van der Waals surface area contributed by atoms with Gasteiger partial charge in [0.25, 0.3) is 0 Å². The number of rotatable bonds is 6. The molecule has 8 heteroatoms. The molecule has 2 amide bonds. The zero-order valence-corrected chi connectivity index (χ0v) is 20.5. The van der Waals surface area contributed by atoms with Crippen LogP contribution in [0.15, 0.2) is 78.2 Å². The van der Waals surface area contributed by atoms with E-state index in [4.69, 9.17) is 21.3 Å². The number of amides is 2. The molecule has 1 N–H and O–H groups in total. The van der Waals surface area contributed by atoms with Crippen LogP contribution in [-0.4, -0.2) is 30.5 Å². The number of ether oxygens (including phenoxy) is 1. The van der Waals surface area contributed by atoms with E-state index in [1.165, 1.54) is 0 Å². The number of carbonyl (C=O) groups excluding carboxylic acids is 2. The second-order valence-corrected chi connectivity index (χ2v) is 9.49. The third kappa shape index (κ3) is 4.92. The van der Waals surface area contributed by atoms with Crippen LogP contribution in [0.3, 0.4) is 0 Å². The van der Waals surface area contributed by atoms with Crippen molar-refractivity contribution in [3.63, 3.8) is 0 Å². The van der Waals surface area contributed by atoms with Gasteiger partial charge in [-0.3, -0.25) is 9.59 Å². The van der Waals surface area contributed by atoms with Gasteiger partial charge in [-0.25, -0.2) is 4.98 Å². The molecule has 4 aromatic rings. The van der Waals surface area contributed by atoms with Gasteiger partial charge in [0.1, 0.15) is 10.8 Å². The highest BCUT2D eigenvalue weighted by Gasteiger charge is 2.36. The predicted octanol–water partition coefficient (Wildman–Crippen LogP) is 6.13. The van der Waals surface area contributed by atoms with Crippen LogP contribution in [0.1, 0.15) is 6.42 Å². The van der Waals surface area contributed by atoms with E-state index in [0.717, 1.165) is 21.8 Å². The molecule has 1 fully saturated rings. The van der Waals surface area contributed by atoms with Crippen LogP contribution < -0.4 is 15.0 Å². The number of halogens is 1. The molecule has 0 saturated carbocycles. The Labute approximate surface area is 212 Å². The van der Waals surface area contributed by atoms with Crippen molar-refractivity contribution in [3.05, 3.63) is 83.2 Å². The van der Waals surface area contributed by atoms with E-state index in [1.807, 2.05) is 72.1 Å². The van der Waals surface area contributed by atoms with Crippen LogP contribution in [0.2, 0.25) is 5.02 Å². The number of hydrogen-bond donors (Lipinski definition) is 1. The van der Waals surface area contributed by atoms with E-state index in [1.54, 1.807) is 29.4 Å². The Morgan fingerprint density at radius 3 is 2.69 bits per heavy atom. The summed E-state index contributed by atoms with van der Waals surface area (Å²) in [7, 11) is 1.57. The van der Waals surface area contributed by atoms with Gasteiger partial charge in [-0.05, 0) is 36.4 Å². The first-order valence-corrected chi connectivity index (χ1v) is 12.3. The summed E-state index contributed by atoms with van der Waals surface area (Å²) in [6.07, 6.45) is 0.153. The lowest BCUT2D eigenvalue weighted by molar-refractivity contribution is -0.122. The first-order chi connectivity index (χ1) is 17.0. The average Bonchev–Trinajstić information content (AvgIpc) is 3.52. The summed E-state index contributed by atoms with van der Waals surface area (Å²) in [5, 5.41) is 6.54. The number of para-hydroxylation sites is 2. The molecule has 1 unspecified atom stereocenters. The third-order valence-electron chi connectivity index (χ3n) is 5.89. The fourth-order valence-corrected chi connectivity index (χ4v) is 5.06. The molecule has 0 spiro atoms. The van der Waals surface area contributed by atoms with Gasteiger partial charge >= 0.3 is 0 Å². The van der Waals surface area contributed by atoms with Crippen molar-refractivity contribution in [2.75, 3.05) is 23.9 Å². The maximum atomic E-state index is 13.0. The lowest BCUT2D eigenvalue weighted by atomic mass is 10.1. The molecule has 3 aromatic carbocycles. The molecule has 6 nitrogen and oxygen atoms in total. The number of anilines is 2. The summed E-state index contributed by atoms with van der Waals surface area (Å²) < 4.78 is 5.38. The van der Waals surface area contributed by atoms with Crippen molar-refractivity contribution in [1.82, 2.24) is 4.98 Å². The number of thiazole rings is 1. The fourth-order valence-electron chi connectivity index (χ4n) is 4.10. The Kier molecular flexibility index (Phi) is 6.53. The molecule has 1 aliphatic rings. The van der Waals surface area contributed by atoms with E-state index in [2.05, 4.69) is 5.32 Å². The highest BCUT2D eigenvalue weighted by Crippen LogP contribution is 2.34. The van der Waals surface area contributed by atoms with E-state index in [9.17, 15) is 9.59 Å². The number of nitrogens with zero attached hydrogens (tertiary/aromatic N) is 2. The van der Waals surface area contributed by atoms with E-state index in [0.29, 0.717) is 28.7 Å². The van der Waals surface area contributed by atoms with Crippen molar-refractivity contribution < 1.29 is 14.3 Å². The van der Waals surface area contributed by atoms with Crippen molar-refractivity contribution in [1.29, 1.82) is 0 Å². The zero-order chi connectivity index (χ0) is 24.4. The standard InChI is InChI=1S/C27H22ClN3O3S/c1-34-24-8-3-2-7-23(24)31-15-19(14-25(31)32)26(33)29-21-6-4-5-18(13-21)22-16-35-27(30-22)17-9-11-20(28)12-10-17/h2-13,16,19H,14-15H2,1H3,(H,29,33). The van der Waals surface area contributed by atoms with Gasteiger partial charge in [0.15, 0.2) is 0 Å². The van der Waals surface area contributed by atoms with Crippen molar-refractivity contribution in [2.24, 2.45) is 5.92 Å². The van der Waals surface area contributed by atoms with E-state index in [-0.39, 0.29) is 18.2 Å². The largest absolute Gasteiger partial charge is 0.495 e. The molecule has 2 heterocycles. The van der Waals surface area contributed by atoms with E-state index < -0.39 is 5.92 Å². The number of nitrogens with one attached hydrogen (secondary N) is 1. The predicted molar refractivity (Wildman–Crippen MR) is 140 cm³/mol. The molecule has 1 saturated heterocycles. The van der Waals surface area contributed by atoms with Crippen molar-refractivity contribution >= 4 is 46.1 Å². The third-order valence-corrected chi connectivity index (χ3v) is 7.04. The summed E-state index contributed by atoms with van der Waals surface area (Å²) in [6.45, 7) is 0.307. The maximum absolute atomic E-state index is 13.0. The van der Waals surface area contributed by atoms with Crippen molar-refractivity contribution in [3.8, 4) is 27.6 Å². The van der Waals surface area contributed by atoms with Gasteiger partial charge in [-0.1, -0.05) is 48.0 Å². The Bertz CT molecular complexity index is 1390. The van der Waals surface area contributed by atoms with E-state index >= 15 is 0 Å². The second-order valence-electron chi connectivity index (χ2n) is 8.19. The van der Waals surface area contributed by atoms with Gasteiger partial charge in [0, 0.05) is 40.2 Å². The number of methoxy groups -OCH3 is 1. The SMILES string of the molecule is COc1ccccc1N1CC(C(=O)Nc2cccc(-c3csc(-c4ccc(Cl)cc4)n3)c2)CC1=O. The van der Waals surface area contributed by atoms with Crippen LogP contribution in [0.5, 0.6) is 5.75 Å². The topological polar surface area (TPSA) is 71.5 Å². The van der Waals surface area contributed by atoms with Crippen LogP contribution in [0.4, 0.5) is 11.4 Å². The minimum atomic E-state index is -0.452. The Morgan fingerprint density at radius 2 is 1.89 bits per heavy atom. The second kappa shape index (κ2) is 9.90. The average molecular weight is 504 g/mol. The molecule has 0 aliphatic carbocycles. The van der Waals surface area contributed by atoms with Gasteiger partial charge in [-0.15, -0.1) is 11.3 Å². The minimum Gasteiger partial charge on any atom is -0.495 e. The summed E-state index contributed by atoms with van der Waals surface area (Å²) in [6, 6.07) is 22.5. The molecule has 35 heavy (non-hydrogen) atoms. The summed E-state index contributed by atoms with van der Waals surface area (Å²) >= 11 is 7.54. The number of hydrogen-bond acceptors (Lipinski definition) is 5. The highest BCUT2D eigenvalue weighted by atomic mass is 35.5. The summed E-state index contributed by atoms with van der Waals surface area (Å²) in [4.78, 5) is 32.0. The lowest BCUT2D eigenvalue weighted by Crippen LogP contribution is -2.28. The van der Waals surface area contributed by atoms with Gasteiger partial charge < -0.3 is 15.0 Å². The van der Waals surface area contributed by atoms with Crippen LogP contribution in [0.25, 0.3) is 21.8 Å². The van der Waals surface area contributed by atoms with Crippen LogP contribution >= 0.6 is 22.9 Å². The first kappa shape index (κ1) is 23.1. The van der Waals surface area contributed by atoms with Crippen LogP contribution in [-0.2, 0) is 9.59 Å². The summed E-state index contributed by atoms with van der Waals surface area (Å²) in [5.74, 6) is -0.128. The molecular formula is C27H22ClN3O3S. The van der Waals surface area contributed by atoms with Gasteiger partial charge in [-0.2, -0.15) is 0 Å². The molecule has 0 radical (unpaired) electrons. The molecule has 176 valence electrons. The molecule has 1 aliphatic heterocycles. The first-order valence-electron chi connectivity index (χ1n) is 11.1. The smallest absolute Gasteiger partial charge is 0.229 e. The Morgan fingerprint density at radius 1 is 1.09 bits per heavy atom. The highest BCUT2D eigenvalue weighted by molar-refractivity contribution is 7.13. The maximum Gasteiger partial charge on any atom is 0.229 e. The molecular weight excluding hydrogens is 482 g/mol. The molecule has 0 bridgehead atoms.